The van der Waals surface area contributed by atoms with Gasteiger partial charge in [-0.15, -0.1) is 11.8 Å². The fourth-order valence-electron chi connectivity index (χ4n) is 4.14. The molecule has 1 fully saturated rings. The molecule has 0 aliphatic carbocycles. The smallest absolute Gasteiger partial charge is 0.350 e. The Balaban J connectivity index is 1.20. The first-order valence-corrected chi connectivity index (χ1v) is 12.0. The molecule has 3 heterocycles. The van der Waals surface area contributed by atoms with Gasteiger partial charge < -0.3 is 9.80 Å². The van der Waals surface area contributed by atoms with Gasteiger partial charge in [-0.3, -0.25) is 14.5 Å². The third-order valence-corrected chi connectivity index (χ3v) is 7.19. The number of halogens is 1. The Kier molecular flexibility index (Phi) is 5.95. The van der Waals surface area contributed by atoms with E-state index in [2.05, 4.69) is 9.89 Å². The van der Waals surface area contributed by atoms with E-state index < -0.39 is 11.3 Å². The van der Waals surface area contributed by atoms with Crippen LogP contribution in [-0.4, -0.2) is 64.8 Å². The van der Waals surface area contributed by atoms with Crippen LogP contribution in [0.25, 0.3) is 0 Å². The van der Waals surface area contributed by atoms with Gasteiger partial charge in [-0.25, -0.2) is 4.79 Å². The Morgan fingerprint density at radius 3 is 2.55 bits per heavy atom. The van der Waals surface area contributed by atoms with Gasteiger partial charge in [0.1, 0.15) is 5.25 Å². The van der Waals surface area contributed by atoms with Gasteiger partial charge in [-0.1, -0.05) is 29.8 Å². The summed E-state index contributed by atoms with van der Waals surface area (Å²) in [5.41, 5.74) is 2.93. The molecule has 4 amide bonds. The minimum absolute atomic E-state index is 0.0277. The largest absolute Gasteiger partial charge is 0.368 e. The average molecular weight is 481 g/mol. The number of thioether (sulfide) groups is 1. The zero-order valence-corrected chi connectivity index (χ0v) is 19.3. The Bertz CT molecular complexity index is 1170. The van der Waals surface area contributed by atoms with Crippen molar-refractivity contribution < 1.29 is 14.4 Å². The average Bonchev–Trinajstić information content (AvgIpc) is 3.30. The molecule has 7 nitrogen and oxygen atoms in total. The summed E-state index contributed by atoms with van der Waals surface area (Å²) in [6.07, 6.45) is 1.71. The van der Waals surface area contributed by atoms with Crippen LogP contribution in [0.1, 0.15) is 15.9 Å². The molecule has 0 radical (unpaired) electrons. The second-order valence-electron chi connectivity index (χ2n) is 8.02. The molecule has 168 valence electrons. The van der Waals surface area contributed by atoms with Crippen LogP contribution in [0.5, 0.6) is 0 Å². The zero-order chi connectivity index (χ0) is 22.9. The fourth-order valence-corrected chi connectivity index (χ4v) is 5.21. The Labute approximate surface area is 200 Å². The number of hydrogen-bond acceptors (Lipinski definition) is 5. The highest BCUT2D eigenvalue weighted by Crippen LogP contribution is 2.28. The second-order valence-corrected chi connectivity index (χ2v) is 9.47. The third kappa shape index (κ3) is 4.41. The van der Waals surface area contributed by atoms with Gasteiger partial charge in [0.05, 0.1) is 12.3 Å². The number of carbonyl (C=O) groups excluding carboxylic acids is 3. The highest BCUT2D eigenvalue weighted by Gasteiger charge is 2.38. The van der Waals surface area contributed by atoms with Crippen LogP contribution in [0.15, 0.2) is 65.0 Å². The highest BCUT2D eigenvalue weighted by atomic mass is 35.5. The van der Waals surface area contributed by atoms with Crippen molar-refractivity contribution in [2.45, 2.75) is 11.8 Å². The Morgan fingerprint density at radius 1 is 1.06 bits per heavy atom. The number of anilines is 1. The van der Waals surface area contributed by atoms with Gasteiger partial charge in [-0.2, -0.15) is 4.99 Å². The SMILES string of the molecule is O=C(c1ccc(CN2C(=O)N=C3C=CSC3C2=O)cc1)N1CCN(c2cccc(Cl)c2)CC1. The van der Waals surface area contributed by atoms with Crippen LogP contribution in [0.4, 0.5) is 10.5 Å². The van der Waals surface area contributed by atoms with Gasteiger partial charge in [0.15, 0.2) is 0 Å². The number of rotatable bonds is 4. The number of fused-ring (bicyclic) bond motifs is 1. The molecule has 1 atom stereocenters. The summed E-state index contributed by atoms with van der Waals surface area (Å²) >= 11 is 7.45. The van der Waals surface area contributed by atoms with Crippen molar-refractivity contribution in [1.82, 2.24) is 9.80 Å². The van der Waals surface area contributed by atoms with E-state index in [4.69, 9.17) is 11.6 Å². The number of hydrogen-bond donors (Lipinski definition) is 0. The summed E-state index contributed by atoms with van der Waals surface area (Å²) in [5.74, 6) is -0.280. The maximum Gasteiger partial charge on any atom is 0.350 e. The van der Waals surface area contributed by atoms with Crippen LogP contribution in [-0.2, 0) is 11.3 Å². The maximum atomic E-state index is 13.0. The molecule has 9 heteroatoms. The molecule has 3 aliphatic rings. The molecule has 2 aromatic carbocycles. The van der Waals surface area contributed by atoms with E-state index >= 15 is 0 Å². The number of carbonyl (C=O) groups is 3. The first kappa shape index (κ1) is 21.7. The molecular formula is C24H21ClN4O3S. The molecule has 2 aromatic rings. The number of imide groups is 1. The highest BCUT2D eigenvalue weighted by molar-refractivity contribution is 8.04. The predicted molar refractivity (Wildman–Crippen MR) is 130 cm³/mol. The molecule has 1 saturated heterocycles. The number of benzene rings is 2. The van der Waals surface area contributed by atoms with Crippen molar-refractivity contribution in [1.29, 1.82) is 0 Å². The van der Waals surface area contributed by atoms with Crippen molar-refractivity contribution in [3.63, 3.8) is 0 Å². The van der Waals surface area contributed by atoms with E-state index in [1.54, 1.807) is 35.7 Å². The lowest BCUT2D eigenvalue weighted by atomic mass is 10.1. The quantitative estimate of drug-likeness (QED) is 0.665. The summed E-state index contributed by atoms with van der Waals surface area (Å²) in [4.78, 5) is 47.1. The molecule has 0 spiro atoms. The van der Waals surface area contributed by atoms with E-state index in [1.807, 2.05) is 29.2 Å². The fraction of sp³-hybridized carbons (Fsp3) is 0.250. The number of nitrogens with zero attached hydrogens (tertiary/aromatic N) is 4. The van der Waals surface area contributed by atoms with Crippen molar-refractivity contribution in [3.05, 3.63) is 76.2 Å². The van der Waals surface area contributed by atoms with Gasteiger partial charge in [0.25, 0.3) is 11.8 Å². The third-order valence-electron chi connectivity index (χ3n) is 5.95. The van der Waals surface area contributed by atoms with Gasteiger partial charge >= 0.3 is 6.03 Å². The lowest BCUT2D eigenvalue weighted by molar-refractivity contribution is -0.127. The molecular weight excluding hydrogens is 460 g/mol. The van der Waals surface area contributed by atoms with Crippen LogP contribution >= 0.6 is 23.4 Å². The van der Waals surface area contributed by atoms with E-state index in [9.17, 15) is 14.4 Å². The second kappa shape index (κ2) is 9.03. The minimum atomic E-state index is -0.545. The molecule has 0 N–H and O–H groups in total. The van der Waals surface area contributed by atoms with Gasteiger partial charge in [0.2, 0.25) is 0 Å². The molecule has 3 aliphatic heterocycles. The topological polar surface area (TPSA) is 73.3 Å². The first-order chi connectivity index (χ1) is 16.0. The maximum absolute atomic E-state index is 13.0. The monoisotopic (exact) mass is 480 g/mol. The van der Waals surface area contributed by atoms with Crippen LogP contribution in [0.2, 0.25) is 5.02 Å². The zero-order valence-electron chi connectivity index (χ0n) is 17.7. The van der Waals surface area contributed by atoms with E-state index in [1.165, 1.54) is 16.7 Å². The van der Waals surface area contributed by atoms with Crippen molar-refractivity contribution in [2.75, 3.05) is 31.1 Å². The first-order valence-electron chi connectivity index (χ1n) is 10.6. The number of allylic oxidation sites excluding steroid dienone is 1. The summed E-state index contributed by atoms with van der Waals surface area (Å²) in [6, 6.07) is 14.3. The van der Waals surface area contributed by atoms with Crippen LogP contribution in [0, 0.1) is 0 Å². The van der Waals surface area contributed by atoms with Crippen molar-refractivity contribution >= 4 is 52.6 Å². The molecule has 0 bridgehead atoms. The van der Waals surface area contributed by atoms with Gasteiger partial charge in [-0.05, 0) is 47.4 Å². The van der Waals surface area contributed by atoms with Crippen molar-refractivity contribution in [3.8, 4) is 0 Å². The molecule has 5 rings (SSSR count). The molecule has 0 saturated carbocycles. The number of urea groups is 1. The number of aliphatic imine (C=N–C) groups is 1. The molecule has 0 aromatic heterocycles. The summed E-state index contributed by atoms with van der Waals surface area (Å²) < 4.78 is 0. The van der Waals surface area contributed by atoms with Crippen molar-refractivity contribution in [2.24, 2.45) is 4.99 Å². The van der Waals surface area contributed by atoms with E-state index in [0.717, 1.165) is 24.3 Å². The lowest BCUT2D eigenvalue weighted by Gasteiger charge is -2.36. The normalized spacial score (nSPS) is 20.2. The molecule has 33 heavy (non-hydrogen) atoms. The molecule has 1 unspecified atom stereocenters. The van der Waals surface area contributed by atoms with Gasteiger partial charge in [0, 0.05) is 42.5 Å². The lowest BCUT2D eigenvalue weighted by Crippen LogP contribution is -2.48. The standard InChI is InChI=1S/C24H21ClN4O3S/c25-18-2-1-3-19(14-18)27-9-11-28(12-10-27)22(30)17-6-4-16(5-7-17)15-29-23(31)21-20(8-13-33-21)26-24(29)32/h1-8,13-14,21H,9-12,15H2. The summed E-state index contributed by atoms with van der Waals surface area (Å²) in [5, 5.41) is 2.05. The number of piperazine rings is 1. The van der Waals surface area contributed by atoms with E-state index in [0.29, 0.717) is 29.4 Å². The summed E-state index contributed by atoms with van der Waals surface area (Å²) in [7, 11) is 0. The van der Waals surface area contributed by atoms with E-state index in [-0.39, 0.29) is 18.4 Å². The number of amides is 4. The Hall–Kier alpha value is -3.10. The Morgan fingerprint density at radius 2 is 1.82 bits per heavy atom. The van der Waals surface area contributed by atoms with Crippen LogP contribution in [0.3, 0.4) is 0 Å². The minimum Gasteiger partial charge on any atom is -0.368 e. The van der Waals surface area contributed by atoms with Crippen LogP contribution < -0.4 is 4.90 Å². The summed E-state index contributed by atoms with van der Waals surface area (Å²) in [6.45, 7) is 2.85. The predicted octanol–water partition coefficient (Wildman–Crippen LogP) is 3.83.